The highest BCUT2D eigenvalue weighted by atomic mass is 35.5. The molecule has 2 N–H and O–H groups in total. The van der Waals surface area contributed by atoms with E-state index in [0.717, 1.165) is 48.3 Å². The van der Waals surface area contributed by atoms with Crippen LogP contribution in [-0.4, -0.2) is 30.2 Å². The third kappa shape index (κ3) is 4.92. The Kier molecular flexibility index (Phi) is 6.83. The number of fused-ring (bicyclic) bond motifs is 1. The van der Waals surface area contributed by atoms with Crippen LogP contribution in [0.1, 0.15) is 25.3 Å². The maximum absolute atomic E-state index is 12.7. The molecule has 3 aromatic rings. The first-order valence-corrected chi connectivity index (χ1v) is 9.88. The molecule has 1 aliphatic rings. The van der Waals surface area contributed by atoms with Crippen molar-refractivity contribution in [3.8, 4) is 5.75 Å². The van der Waals surface area contributed by atoms with Crippen molar-refractivity contribution in [1.29, 1.82) is 0 Å². The first-order chi connectivity index (χ1) is 13.6. The lowest BCUT2D eigenvalue weighted by Crippen LogP contribution is -2.40. The van der Waals surface area contributed by atoms with E-state index in [4.69, 9.17) is 4.74 Å². The number of nitrogens with one attached hydrogen (secondary N) is 2. The molecule has 0 bridgehead atoms. The number of halogens is 1. The largest absolute Gasteiger partial charge is 0.497 e. The van der Waals surface area contributed by atoms with E-state index >= 15 is 0 Å². The summed E-state index contributed by atoms with van der Waals surface area (Å²) in [7, 11) is 1.68. The summed E-state index contributed by atoms with van der Waals surface area (Å²) < 4.78 is 7.53. The third-order valence-electron chi connectivity index (χ3n) is 5.52. The van der Waals surface area contributed by atoms with Gasteiger partial charge in [-0.05, 0) is 67.6 Å². The van der Waals surface area contributed by atoms with Crippen molar-refractivity contribution < 1.29 is 9.53 Å². The number of methoxy groups -OCH3 is 1. The maximum Gasteiger partial charge on any atom is 0.227 e. The number of carbonyl (C=O) groups excluding carboxylic acids is 1. The summed E-state index contributed by atoms with van der Waals surface area (Å²) >= 11 is 0. The molecule has 1 amide bonds. The number of hydrogen-bond donors (Lipinski definition) is 2. The summed E-state index contributed by atoms with van der Waals surface area (Å²) in [5, 5.41) is 7.68. The Morgan fingerprint density at radius 3 is 2.90 bits per heavy atom. The van der Waals surface area contributed by atoms with Crippen LogP contribution in [0.25, 0.3) is 10.9 Å². The Balaban J connectivity index is 0.00000240. The number of amides is 1. The second kappa shape index (κ2) is 9.33. The smallest absolute Gasteiger partial charge is 0.227 e. The molecule has 1 aliphatic heterocycles. The number of hydrogen-bond acceptors (Lipinski definition) is 3. The van der Waals surface area contributed by atoms with Gasteiger partial charge in [-0.15, -0.1) is 12.4 Å². The number of rotatable bonds is 5. The zero-order valence-electron chi connectivity index (χ0n) is 16.9. The lowest BCUT2D eigenvalue weighted by molar-refractivity contribution is -0.120. The summed E-state index contributed by atoms with van der Waals surface area (Å²) in [5.41, 5.74) is 3.14. The van der Waals surface area contributed by atoms with Crippen molar-refractivity contribution in [2.75, 3.05) is 19.0 Å². The lowest BCUT2D eigenvalue weighted by Gasteiger charge is -2.27. The molecule has 6 heteroatoms. The number of ether oxygens (including phenoxy) is 1. The highest BCUT2D eigenvalue weighted by molar-refractivity contribution is 5.95. The van der Waals surface area contributed by atoms with Gasteiger partial charge < -0.3 is 19.9 Å². The predicted octanol–water partition coefficient (Wildman–Crippen LogP) is 4.45. The molecule has 2 aromatic carbocycles. The third-order valence-corrected chi connectivity index (χ3v) is 5.52. The fourth-order valence-electron chi connectivity index (χ4n) is 3.98. The average Bonchev–Trinajstić information content (AvgIpc) is 3.10. The number of aromatic nitrogens is 1. The molecule has 154 valence electrons. The van der Waals surface area contributed by atoms with E-state index in [2.05, 4.69) is 58.7 Å². The summed E-state index contributed by atoms with van der Waals surface area (Å²) in [6.07, 6.45) is 3.87. The Morgan fingerprint density at radius 2 is 2.10 bits per heavy atom. The molecular weight excluding hydrogens is 386 g/mol. The Labute approximate surface area is 177 Å². The van der Waals surface area contributed by atoms with Crippen molar-refractivity contribution in [2.45, 2.75) is 32.4 Å². The number of piperidine rings is 1. The average molecular weight is 414 g/mol. The van der Waals surface area contributed by atoms with Crippen LogP contribution in [0.2, 0.25) is 0 Å². The van der Waals surface area contributed by atoms with Gasteiger partial charge in [0.15, 0.2) is 0 Å². The summed E-state index contributed by atoms with van der Waals surface area (Å²) in [5.74, 6) is 1.06. The molecule has 2 heterocycles. The van der Waals surface area contributed by atoms with E-state index in [0.29, 0.717) is 6.04 Å². The number of nitrogens with zero attached hydrogens (tertiary/aromatic N) is 1. The molecule has 5 nitrogen and oxygen atoms in total. The quantitative estimate of drug-likeness (QED) is 0.649. The van der Waals surface area contributed by atoms with Gasteiger partial charge in [-0.2, -0.15) is 0 Å². The standard InChI is InChI=1S/C23H27N3O2.ClH/c1-16-12-19(8-10-24-16)23(27)25-20-7-6-18-9-11-26(22(18)14-20)15-17-4-3-5-21(13-17)28-2;/h3-7,9,11,13-14,16,19,24H,8,10,12,15H2,1-2H3,(H,25,27);1H/t16-,19-;/m0./s1. The number of anilines is 1. The molecule has 0 spiro atoms. The van der Waals surface area contributed by atoms with Crippen LogP contribution >= 0.6 is 12.4 Å². The highest BCUT2D eigenvalue weighted by Crippen LogP contribution is 2.24. The number of carbonyl (C=O) groups is 1. The maximum atomic E-state index is 12.7. The SMILES string of the molecule is COc1cccc(Cn2ccc3ccc(NC(=O)[C@H]4CCN[C@@H](C)C4)cc32)c1.Cl. The normalized spacial score (nSPS) is 18.8. The van der Waals surface area contributed by atoms with Crippen molar-refractivity contribution in [3.63, 3.8) is 0 Å². The van der Waals surface area contributed by atoms with Gasteiger partial charge in [-0.3, -0.25) is 4.79 Å². The van der Waals surface area contributed by atoms with E-state index in [1.807, 2.05) is 18.2 Å². The van der Waals surface area contributed by atoms with Gasteiger partial charge >= 0.3 is 0 Å². The lowest BCUT2D eigenvalue weighted by atomic mass is 9.92. The Hall–Kier alpha value is -2.50. The van der Waals surface area contributed by atoms with Crippen LogP contribution < -0.4 is 15.4 Å². The van der Waals surface area contributed by atoms with Gasteiger partial charge in [0.05, 0.1) is 12.6 Å². The summed E-state index contributed by atoms with van der Waals surface area (Å²) in [6.45, 7) is 3.79. The van der Waals surface area contributed by atoms with Crippen LogP contribution in [0, 0.1) is 5.92 Å². The van der Waals surface area contributed by atoms with Crippen LogP contribution in [0.15, 0.2) is 54.7 Å². The van der Waals surface area contributed by atoms with E-state index in [-0.39, 0.29) is 24.2 Å². The van der Waals surface area contributed by atoms with Gasteiger partial charge in [-0.1, -0.05) is 18.2 Å². The molecule has 4 rings (SSSR count). The van der Waals surface area contributed by atoms with Crippen LogP contribution in [0.4, 0.5) is 5.69 Å². The zero-order chi connectivity index (χ0) is 19.5. The minimum Gasteiger partial charge on any atom is -0.497 e. The molecular formula is C23H28ClN3O2. The number of benzene rings is 2. The minimum absolute atomic E-state index is 0. The summed E-state index contributed by atoms with van der Waals surface area (Å²) in [6, 6.07) is 16.7. The van der Waals surface area contributed by atoms with Gasteiger partial charge in [0.1, 0.15) is 5.75 Å². The molecule has 0 radical (unpaired) electrons. The fraction of sp³-hybridized carbons (Fsp3) is 0.348. The van der Waals surface area contributed by atoms with Gasteiger partial charge in [-0.25, -0.2) is 0 Å². The van der Waals surface area contributed by atoms with Gasteiger partial charge in [0.25, 0.3) is 0 Å². The molecule has 1 saturated heterocycles. The predicted molar refractivity (Wildman–Crippen MR) is 120 cm³/mol. The highest BCUT2D eigenvalue weighted by Gasteiger charge is 2.24. The van der Waals surface area contributed by atoms with Crippen molar-refractivity contribution >= 4 is 34.9 Å². The van der Waals surface area contributed by atoms with Crippen molar-refractivity contribution in [3.05, 3.63) is 60.3 Å². The van der Waals surface area contributed by atoms with E-state index in [1.165, 1.54) is 5.56 Å². The topological polar surface area (TPSA) is 55.3 Å². The van der Waals surface area contributed by atoms with E-state index in [9.17, 15) is 4.79 Å². The molecule has 2 atom stereocenters. The zero-order valence-corrected chi connectivity index (χ0v) is 17.7. The molecule has 0 aliphatic carbocycles. The Bertz CT molecular complexity index is 985. The molecule has 1 fully saturated rings. The molecule has 1 aromatic heterocycles. The minimum atomic E-state index is 0. The van der Waals surface area contributed by atoms with E-state index < -0.39 is 0 Å². The van der Waals surface area contributed by atoms with Gasteiger partial charge in [0, 0.05) is 30.4 Å². The van der Waals surface area contributed by atoms with E-state index in [1.54, 1.807) is 7.11 Å². The van der Waals surface area contributed by atoms with Crippen LogP contribution in [0.3, 0.4) is 0 Å². The van der Waals surface area contributed by atoms with Crippen molar-refractivity contribution in [2.24, 2.45) is 5.92 Å². The summed E-state index contributed by atoms with van der Waals surface area (Å²) in [4.78, 5) is 12.7. The fourth-order valence-corrected chi connectivity index (χ4v) is 3.98. The molecule has 0 saturated carbocycles. The van der Waals surface area contributed by atoms with Crippen LogP contribution in [0.5, 0.6) is 5.75 Å². The molecule has 0 unspecified atom stereocenters. The van der Waals surface area contributed by atoms with Gasteiger partial charge in [0.2, 0.25) is 5.91 Å². The first kappa shape index (κ1) is 21.2. The first-order valence-electron chi connectivity index (χ1n) is 9.88. The Morgan fingerprint density at radius 1 is 1.24 bits per heavy atom. The van der Waals surface area contributed by atoms with Crippen LogP contribution in [-0.2, 0) is 11.3 Å². The van der Waals surface area contributed by atoms with Crippen molar-refractivity contribution in [1.82, 2.24) is 9.88 Å². The molecule has 29 heavy (non-hydrogen) atoms. The second-order valence-electron chi connectivity index (χ2n) is 7.63. The second-order valence-corrected chi connectivity index (χ2v) is 7.63. The monoisotopic (exact) mass is 413 g/mol.